The van der Waals surface area contributed by atoms with Gasteiger partial charge in [-0.1, -0.05) is 20.3 Å². The van der Waals surface area contributed by atoms with Crippen LogP contribution in [0.5, 0.6) is 0 Å². The standard InChI is InChI=1S/C20H26F2N2O2/c1-4-6-11-24(14(3)5-2)20(25)10-9-19-23-13-18(26-19)16-8-7-15(21)12-17(16)22/h7-8,12-14H,4-6,9-11H2,1-3H3. The Balaban J connectivity index is 2.01. The van der Waals surface area contributed by atoms with Crippen molar-refractivity contribution in [3.8, 4) is 11.3 Å². The minimum Gasteiger partial charge on any atom is -0.441 e. The summed E-state index contributed by atoms with van der Waals surface area (Å²) < 4.78 is 32.4. The second kappa shape index (κ2) is 9.46. The molecule has 1 aromatic heterocycles. The van der Waals surface area contributed by atoms with E-state index in [1.807, 2.05) is 11.8 Å². The number of amides is 1. The molecular weight excluding hydrogens is 338 g/mol. The van der Waals surface area contributed by atoms with Gasteiger partial charge in [-0.25, -0.2) is 13.8 Å². The molecule has 1 atom stereocenters. The van der Waals surface area contributed by atoms with E-state index in [0.29, 0.717) is 18.7 Å². The molecular formula is C20H26F2N2O2. The van der Waals surface area contributed by atoms with Crippen molar-refractivity contribution in [2.45, 2.75) is 58.9 Å². The van der Waals surface area contributed by atoms with Gasteiger partial charge in [-0.15, -0.1) is 0 Å². The van der Waals surface area contributed by atoms with Crippen molar-refractivity contribution in [1.29, 1.82) is 0 Å². The van der Waals surface area contributed by atoms with Gasteiger partial charge < -0.3 is 9.32 Å². The maximum absolute atomic E-state index is 13.8. The van der Waals surface area contributed by atoms with Crippen molar-refractivity contribution in [2.24, 2.45) is 0 Å². The Morgan fingerprint density at radius 3 is 2.73 bits per heavy atom. The number of aryl methyl sites for hydroxylation is 1. The summed E-state index contributed by atoms with van der Waals surface area (Å²) in [5, 5.41) is 0. The Labute approximate surface area is 153 Å². The lowest BCUT2D eigenvalue weighted by Gasteiger charge is -2.28. The summed E-state index contributed by atoms with van der Waals surface area (Å²) in [6.45, 7) is 6.97. The molecule has 0 radical (unpaired) electrons. The van der Waals surface area contributed by atoms with Gasteiger partial charge in [0.15, 0.2) is 11.7 Å². The molecule has 26 heavy (non-hydrogen) atoms. The third-order valence-corrected chi connectivity index (χ3v) is 4.50. The van der Waals surface area contributed by atoms with Gasteiger partial charge in [0.1, 0.15) is 11.6 Å². The maximum atomic E-state index is 13.8. The SMILES string of the molecule is CCCCN(C(=O)CCc1ncc(-c2ccc(F)cc2F)o1)C(C)CC. The van der Waals surface area contributed by atoms with Gasteiger partial charge in [-0.05, 0) is 31.9 Å². The highest BCUT2D eigenvalue weighted by Crippen LogP contribution is 2.24. The topological polar surface area (TPSA) is 46.3 Å². The average molecular weight is 364 g/mol. The van der Waals surface area contributed by atoms with E-state index >= 15 is 0 Å². The van der Waals surface area contributed by atoms with Gasteiger partial charge >= 0.3 is 0 Å². The molecule has 6 heteroatoms. The number of nitrogens with zero attached hydrogens (tertiary/aromatic N) is 2. The first-order valence-corrected chi connectivity index (χ1v) is 9.15. The molecule has 1 heterocycles. The van der Waals surface area contributed by atoms with E-state index < -0.39 is 11.6 Å². The van der Waals surface area contributed by atoms with Gasteiger partial charge in [0.25, 0.3) is 0 Å². The molecule has 0 aliphatic carbocycles. The highest BCUT2D eigenvalue weighted by Gasteiger charge is 2.19. The summed E-state index contributed by atoms with van der Waals surface area (Å²) in [6, 6.07) is 3.48. The molecule has 4 nitrogen and oxygen atoms in total. The summed E-state index contributed by atoms with van der Waals surface area (Å²) in [4.78, 5) is 18.6. The van der Waals surface area contributed by atoms with Crippen LogP contribution in [0, 0.1) is 11.6 Å². The smallest absolute Gasteiger partial charge is 0.223 e. The number of halogens is 2. The lowest BCUT2D eigenvalue weighted by Crippen LogP contribution is -2.39. The van der Waals surface area contributed by atoms with Crippen molar-refractivity contribution in [3.05, 3.63) is 41.9 Å². The van der Waals surface area contributed by atoms with E-state index in [1.54, 1.807) is 0 Å². The van der Waals surface area contributed by atoms with Crippen molar-refractivity contribution in [1.82, 2.24) is 9.88 Å². The van der Waals surface area contributed by atoms with E-state index in [4.69, 9.17) is 4.42 Å². The van der Waals surface area contributed by atoms with Crippen LogP contribution >= 0.6 is 0 Å². The Kier molecular flexibility index (Phi) is 7.30. The van der Waals surface area contributed by atoms with Crippen LogP contribution in [-0.4, -0.2) is 28.4 Å². The Morgan fingerprint density at radius 1 is 1.31 bits per heavy atom. The summed E-state index contributed by atoms with van der Waals surface area (Å²) in [5.74, 6) is -0.674. The fraction of sp³-hybridized carbons (Fsp3) is 0.500. The number of aromatic nitrogens is 1. The number of carbonyl (C=O) groups is 1. The zero-order valence-corrected chi connectivity index (χ0v) is 15.6. The predicted molar refractivity (Wildman–Crippen MR) is 96.6 cm³/mol. The second-order valence-electron chi connectivity index (χ2n) is 6.44. The first kappa shape index (κ1) is 20.1. The zero-order chi connectivity index (χ0) is 19.1. The minimum absolute atomic E-state index is 0.0699. The Morgan fingerprint density at radius 2 is 2.08 bits per heavy atom. The van der Waals surface area contributed by atoms with E-state index in [1.165, 1.54) is 18.3 Å². The highest BCUT2D eigenvalue weighted by molar-refractivity contribution is 5.76. The van der Waals surface area contributed by atoms with Crippen LogP contribution in [0.4, 0.5) is 8.78 Å². The van der Waals surface area contributed by atoms with Crippen LogP contribution in [0.1, 0.15) is 52.3 Å². The number of oxazole rings is 1. The number of benzene rings is 1. The van der Waals surface area contributed by atoms with Crippen LogP contribution in [0.15, 0.2) is 28.8 Å². The fourth-order valence-electron chi connectivity index (χ4n) is 2.74. The Hall–Kier alpha value is -2.24. The van der Waals surface area contributed by atoms with Crippen LogP contribution in [0.25, 0.3) is 11.3 Å². The quantitative estimate of drug-likeness (QED) is 0.630. The summed E-state index contributed by atoms with van der Waals surface area (Å²) >= 11 is 0. The molecule has 2 aromatic rings. The summed E-state index contributed by atoms with van der Waals surface area (Å²) in [6.07, 6.45) is 4.96. The van der Waals surface area contributed by atoms with Gasteiger partial charge in [0.2, 0.25) is 5.91 Å². The normalized spacial score (nSPS) is 12.2. The zero-order valence-electron chi connectivity index (χ0n) is 15.6. The summed E-state index contributed by atoms with van der Waals surface area (Å²) in [5.41, 5.74) is 0.153. The van der Waals surface area contributed by atoms with E-state index in [9.17, 15) is 13.6 Å². The number of unbranched alkanes of at least 4 members (excludes halogenated alkanes) is 1. The Bertz CT molecular complexity index is 730. The summed E-state index contributed by atoms with van der Waals surface area (Å²) in [7, 11) is 0. The van der Waals surface area contributed by atoms with E-state index in [0.717, 1.165) is 31.9 Å². The number of rotatable bonds is 9. The second-order valence-corrected chi connectivity index (χ2v) is 6.44. The molecule has 1 unspecified atom stereocenters. The molecule has 1 amide bonds. The van der Waals surface area contributed by atoms with Crippen molar-refractivity contribution >= 4 is 5.91 Å². The van der Waals surface area contributed by atoms with Gasteiger partial charge in [0, 0.05) is 31.5 Å². The van der Waals surface area contributed by atoms with Gasteiger partial charge in [-0.3, -0.25) is 4.79 Å². The van der Waals surface area contributed by atoms with E-state index in [2.05, 4.69) is 18.8 Å². The van der Waals surface area contributed by atoms with Crippen LogP contribution < -0.4 is 0 Å². The average Bonchev–Trinajstić information content (AvgIpc) is 3.08. The number of hydrogen-bond acceptors (Lipinski definition) is 3. The maximum Gasteiger partial charge on any atom is 0.223 e. The molecule has 1 aromatic carbocycles. The van der Waals surface area contributed by atoms with Crippen LogP contribution in [-0.2, 0) is 11.2 Å². The van der Waals surface area contributed by atoms with Crippen molar-refractivity contribution < 1.29 is 18.0 Å². The molecule has 0 saturated heterocycles. The highest BCUT2D eigenvalue weighted by atomic mass is 19.1. The van der Waals surface area contributed by atoms with Crippen molar-refractivity contribution in [2.75, 3.05) is 6.54 Å². The number of hydrogen-bond donors (Lipinski definition) is 0. The van der Waals surface area contributed by atoms with Crippen molar-refractivity contribution in [3.63, 3.8) is 0 Å². The van der Waals surface area contributed by atoms with Gasteiger partial charge in [-0.2, -0.15) is 0 Å². The predicted octanol–water partition coefficient (Wildman–Crippen LogP) is 4.98. The first-order valence-electron chi connectivity index (χ1n) is 9.15. The largest absolute Gasteiger partial charge is 0.441 e. The molecule has 0 bridgehead atoms. The van der Waals surface area contributed by atoms with E-state index in [-0.39, 0.29) is 23.3 Å². The monoisotopic (exact) mass is 364 g/mol. The first-order chi connectivity index (χ1) is 12.5. The lowest BCUT2D eigenvalue weighted by molar-refractivity contribution is -0.133. The molecule has 142 valence electrons. The fourth-order valence-corrected chi connectivity index (χ4v) is 2.74. The third-order valence-electron chi connectivity index (χ3n) is 4.50. The molecule has 0 spiro atoms. The molecule has 0 saturated carbocycles. The van der Waals surface area contributed by atoms with Gasteiger partial charge in [0.05, 0.1) is 11.8 Å². The van der Waals surface area contributed by atoms with Crippen LogP contribution in [0.2, 0.25) is 0 Å². The molecule has 0 N–H and O–H groups in total. The number of carbonyl (C=O) groups excluding carboxylic acids is 1. The molecule has 0 fully saturated rings. The third kappa shape index (κ3) is 5.13. The lowest BCUT2D eigenvalue weighted by atomic mass is 10.1. The molecule has 0 aliphatic rings. The molecule has 2 rings (SSSR count). The van der Waals surface area contributed by atoms with Crippen LogP contribution in [0.3, 0.4) is 0 Å². The minimum atomic E-state index is -0.703. The molecule has 0 aliphatic heterocycles.